The van der Waals surface area contributed by atoms with E-state index < -0.39 is 4.92 Å². The molecule has 0 radical (unpaired) electrons. The van der Waals surface area contributed by atoms with Gasteiger partial charge in [0.2, 0.25) is 5.91 Å². The number of nitro groups is 1. The quantitative estimate of drug-likeness (QED) is 0.468. The van der Waals surface area contributed by atoms with E-state index in [1.54, 1.807) is 59.6 Å². The first-order valence-electron chi connectivity index (χ1n) is 8.23. The number of rotatable bonds is 6. The van der Waals surface area contributed by atoms with Gasteiger partial charge in [0.05, 0.1) is 23.6 Å². The van der Waals surface area contributed by atoms with Crippen molar-refractivity contribution < 1.29 is 9.72 Å². The maximum atomic E-state index is 13.0. The van der Waals surface area contributed by atoms with Crippen molar-refractivity contribution in [1.82, 2.24) is 4.98 Å². The van der Waals surface area contributed by atoms with Crippen molar-refractivity contribution in [2.24, 2.45) is 0 Å². The molecule has 0 aliphatic rings. The number of carbonyl (C=O) groups excluding carboxylic acids is 1. The third-order valence-corrected chi connectivity index (χ3v) is 4.27. The number of hydrogen-bond donors (Lipinski definition) is 0. The van der Waals surface area contributed by atoms with Gasteiger partial charge in [-0.1, -0.05) is 35.9 Å². The minimum Gasteiger partial charge on any atom is -0.306 e. The summed E-state index contributed by atoms with van der Waals surface area (Å²) in [6.45, 7) is 0.252. The summed E-state index contributed by atoms with van der Waals surface area (Å²) in [6, 6.07) is 18.6. The van der Waals surface area contributed by atoms with Crippen LogP contribution in [0.25, 0.3) is 0 Å². The highest BCUT2D eigenvalue weighted by Crippen LogP contribution is 2.23. The Morgan fingerprint density at radius 2 is 1.74 bits per heavy atom. The molecule has 0 atom stereocenters. The van der Waals surface area contributed by atoms with Crippen LogP contribution in [-0.4, -0.2) is 15.8 Å². The van der Waals surface area contributed by atoms with Crippen LogP contribution >= 0.6 is 11.6 Å². The van der Waals surface area contributed by atoms with Gasteiger partial charge in [-0.15, -0.1) is 0 Å². The Kier molecular flexibility index (Phi) is 5.78. The zero-order valence-electron chi connectivity index (χ0n) is 14.3. The average molecular weight is 382 g/mol. The summed E-state index contributed by atoms with van der Waals surface area (Å²) in [5.74, 6) is -0.266. The van der Waals surface area contributed by atoms with Gasteiger partial charge in [0.15, 0.2) is 0 Å². The third-order valence-electron chi connectivity index (χ3n) is 4.02. The highest BCUT2D eigenvalue weighted by molar-refractivity contribution is 6.30. The molecule has 0 spiro atoms. The summed E-state index contributed by atoms with van der Waals surface area (Å²) >= 11 is 5.95. The predicted molar refractivity (Wildman–Crippen MR) is 104 cm³/mol. The molecule has 3 rings (SSSR count). The van der Waals surface area contributed by atoms with Crippen LogP contribution in [0.2, 0.25) is 5.02 Å². The average Bonchev–Trinajstić information content (AvgIpc) is 2.68. The van der Waals surface area contributed by atoms with Crippen molar-refractivity contribution in [3.8, 4) is 0 Å². The lowest BCUT2D eigenvalue weighted by atomic mass is 10.1. The van der Waals surface area contributed by atoms with Crippen molar-refractivity contribution in [1.29, 1.82) is 0 Å². The van der Waals surface area contributed by atoms with Crippen molar-refractivity contribution >= 4 is 28.9 Å². The highest BCUT2D eigenvalue weighted by Gasteiger charge is 2.21. The predicted octanol–water partition coefficient (Wildman–Crippen LogP) is 4.42. The molecule has 6 nitrogen and oxygen atoms in total. The van der Waals surface area contributed by atoms with Crippen molar-refractivity contribution in [3.05, 3.63) is 99.3 Å². The number of hydrogen-bond acceptors (Lipinski definition) is 4. The number of nitro benzene ring substituents is 1. The van der Waals surface area contributed by atoms with Crippen LogP contribution < -0.4 is 4.90 Å². The molecular weight excluding hydrogens is 366 g/mol. The molecule has 0 saturated carbocycles. The number of nitrogens with zero attached hydrogens (tertiary/aromatic N) is 3. The van der Waals surface area contributed by atoms with Gasteiger partial charge in [-0.3, -0.25) is 19.9 Å². The maximum absolute atomic E-state index is 13.0. The summed E-state index contributed by atoms with van der Waals surface area (Å²) < 4.78 is 0. The molecule has 27 heavy (non-hydrogen) atoms. The molecule has 1 heterocycles. The molecule has 3 aromatic rings. The summed E-state index contributed by atoms with van der Waals surface area (Å²) in [7, 11) is 0. The lowest BCUT2D eigenvalue weighted by Crippen LogP contribution is -2.32. The van der Waals surface area contributed by atoms with E-state index in [9.17, 15) is 14.9 Å². The topological polar surface area (TPSA) is 76.3 Å². The van der Waals surface area contributed by atoms with Gasteiger partial charge < -0.3 is 4.90 Å². The summed E-state index contributed by atoms with van der Waals surface area (Å²) in [5.41, 5.74) is 1.66. The van der Waals surface area contributed by atoms with Crippen LogP contribution in [0.4, 0.5) is 11.4 Å². The number of para-hydroxylation sites is 1. The van der Waals surface area contributed by atoms with E-state index in [1.165, 1.54) is 6.07 Å². The second-order valence-corrected chi connectivity index (χ2v) is 6.28. The molecule has 1 aromatic heterocycles. The fourth-order valence-corrected chi connectivity index (χ4v) is 2.82. The van der Waals surface area contributed by atoms with Crippen LogP contribution in [0.1, 0.15) is 11.3 Å². The summed E-state index contributed by atoms with van der Waals surface area (Å²) in [4.78, 5) is 29.6. The third kappa shape index (κ3) is 4.68. The van der Waals surface area contributed by atoms with Crippen LogP contribution in [0, 0.1) is 10.1 Å². The number of amides is 1. The molecule has 0 aliphatic carbocycles. The summed E-state index contributed by atoms with van der Waals surface area (Å²) in [5, 5.41) is 11.8. The molecule has 0 aliphatic heterocycles. The number of carbonyl (C=O) groups is 1. The monoisotopic (exact) mass is 381 g/mol. The molecule has 0 unspecified atom stereocenters. The van der Waals surface area contributed by atoms with E-state index >= 15 is 0 Å². The molecule has 2 aromatic carbocycles. The smallest absolute Gasteiger partial charge is 0.273 e. The SMILES string of the molecule is O=C(Cc1ccccc1[N+](=O)[O-])N(Cc1ccccn1)c1ccc(Cl)cc1. The molecule has 136 valence electrons. The van der Waals surface area contributed by atoms with Gasteiger partial charge in [-0.25, -0.2) is 0 Å². The second-order valence-electron chi connectivity index (χ2n) is 5.84. The van der Waals surface area contributed by atoms with Gasteiger partial charge in [0.1, 0.15) is 0 Å². The zero-order valence-corrected chi connectivity index (χ0v) is 15.0. The lowest BCUT2D eigenvalue weighted by Gasteiger charge is -2.23. The molecular formula is C20H16ClN3O3. The van der Waals surface area contributed by atoms with E-state index in [-0.39, 0.29) is 24.6 Å². The highest BCUT2D eigenvalue weighted by atomic mass is 35.5. The van der Waals surface area contributed by atoms with E-state index in [1.807, 2.05) is 12.1 Å². The number of aromatic nitrogens is 1. The molecule has 1 amide bonds. The van der Waals surface area contributed by atoms with E-state index in [4.69, 9.17) is 11.6 Å². The van der Waals surface area contributed by atoms with E-state index in [0.717, 1.165) is 0 Å². The summed E-state index contributed by atoms with van der Waals surface area (Å²) in [6.07, 6.45) is 1.56. The number of benzene rings is 2. The Morgan fingerprint density at radius 3 is 2.41 bits per heavy atom. The largest absolute Gasteiger partial charge is 0.306 e. The van der Waals surface area contributed by atoms with Crippen LogP contribution in [-0.2, 0) is 17.8 Å². The van der Waals surface area contributed by atoms with Crippen molar-refractivity contribution in [2.45, 2.75) is 13.0 Å². The minimum atomic E-state index is -0.478. The van der Waals surface area contributed by atoms with E-state index in [2.05, 4.69) is 4.98 Å². The van der Waals surface area contributed by atoms with E-state index in [0.29, 0.717) is 22.0 Å². The number of anilines is 1. The van der Waals surface area contributed by atoms with Crippen LogP contribution in [0.3, 0.4) is 0 Å². The fourth-order valence-electron chi connectivity index (χ4n) is 2.69. The molecule has 0 fully saturated rings. The van der Waals surface area contributed by atoms with Crippen molar-refractivity contribution in [3.63, 3.8) is 0 Å². The van der Waals surface area contributed by atoms with Crippen LogP contribution in [0.5, 0.6) is 0 Å². The first kappa shape index (κ1) is 18.5. The van der Waals surface area contributed by atoms with Gasteiger partial charge >= 0.3 is 0 Å². The van der Waals surface area contributed by atoms with Gasteiger partial charge in [0.25, 0.3) is 5.69 Å². The molecule has 7 heteroatoms. The fraction of sp³-hybridized carbons (Fsp3) is 0.100. The Bertz CT molecular complexity index is 946. The van der Waals surface area contributed by atoms with Gasteiger partial charge in [0, 0.05) is 28.5 Å². The van der Waals surface area contributed by atoms with Crippen LogP contribution in [0.15, 0.2) is 72.9 Å². The molecule has 0 bridgehead atoms. The Hall–Kier alpha value is -3.25. The Balaban J connectivity index is 1.91. The van der Waals surface area contributed by atoms with Crippen molar-refractivity contribution in [2.75, 3.05) is 4.90 Å². The number of pyridine rings is 1. The Morgan fingerprint density at radius 1 is 1.04 bits per heavy atom. The number of halogens is 1. The molecule has 0 N–H and O–H groups in total. The minimum absolute atomic E-state index is 0.0697. The normalized spacial score (nSPS) is 10.4. The maximum Gasteiger partial charge on any atom is 0.273 e. The standard InChI is InChI=1S/C20H16ClN3O3/c21-16-8-10-18(11-9-16)23(14-17-6-3-4-12-22-17)20(25)13-15-5-1-2-7-19(15)24(26)27/h1-12H,13-14H2. The first-order valence-corrected chi connectivity index (χ1v) is 8.60. The first-order chi connectivity index (χ1) is 13.0. The lowest BCUT2D eigenvalue weighted by molar-refractivity contribution is -0.385. The van der Waals surface area contributed by atoms with Gasteiger partial charge in [-0.2, -0.15) is 0 Å². The Labute approximate surface area is 161 Å². The molecule has 0 saturated heterocycles. The zero-order chi connectivity index (χ0) is 19.2. The van der Waals surface area contributed by atoms with Gasteiger partial charge in [-0.05, 0) is 36.4 Å². The second kappa shape index (κ2) is 8.42.